The topological polar surface area (TPSA) is 98.5 Å². The van der Waals surface area contributed by atoms with Gasteiger partial charge in [0.05, 0.1) is 35.5 Å². The molecule has 0 fully saturated rings. The van der Waals surface area contributed by atoms with E-state index in [0.717, 1.165) is 17.1 Å². The molecule has 150 valence electrons. The number of aromatic nitrogens is 6. The maximum absolute atomic E-state index is 13.8. The molecule has 4 aromatic rings. The SMILES string of the molecule is Cc1ccc(-n2cc(C(=O)NCc3ccc(-c4ccccc4F)nn3)nn2)c(C)n1. The highest BCUT2D eigenvalue weighted by atomic mass is 19.1. The third-order valence-electron chi connectivity index (χ3n) is 4.47. The molecule has 0 saturated heterocycles. The second kappa shape index (κ2) is 8.16. The van der Waals surface area contributed by atoms with Crippen molar-refractivity contribution in [2.24, 2.45) is 0 Å². The number of halogens is 1. The average Bonchev–Trinajstić information content (AvgIpc) is 3.23. The molecule has 3 aromatic heterocycles. The number of benzene rings is 1. The molecule has 0 aliphatic heterocycles. The van der Waals surface area contributed by atoms with Gasteiger partial charge in [0.15, 0.2) is 5.69 Å². The van der Waals surface area contributed by atoms with Crippen LogP contribution in [0.4, 0.5) is 4.39 Å². The highest BCUT2D eigenvalue weighted by Gasteiger charge is 2.13. The Morgan fingerprint density at radius 1 is 1.03 bits per heavy atom. The summed E-state index contributed by atoms with van der Waals surface area (Å²) in [5.41, 5.74) is 3.95. The second-order valence-electron chi connectivity index (χ2n) is 6.68. The number of rotatable bonds is 5. The zero-order valence-corrected chi connectivity index (χ0v) is 16.4. The monoisotopic (exact) mass is 403 g/mol. The third kappa shape index (κ3) is 4.04. The summed E-state index contributed by atoms with van der Waals surface area (Å²) in [5.74, 6) is -0.756. The van der Waals surface area contributed by atoms with E-state index in [1.54, 1.807) is 36.5 Å². The van der Waals surface area contributed by atoms with Crippen LogP contribution in [0, 0.1) is 19.7 Å². The van der Waals surface area contributed by atoms with Gasteiger partial charge in [0.2, 0.25) is 0 Å². The molecule has 1 aromatic carbocycles. The van der Waals surface area contributed by atoms with Gasteiger partial charge in [-0.05, 0) is 50.2 Å². The van der Waals surface area contributed by atoms with Crippen LogP contribution in [0.3, 0.4) is 0 Å². The molecule has 1 amide bonds. The van der Waals surface area contributed by atoms with Gasteiger partial charge in [0.1, 0.15) is 5.82 Å². The molecule has 0 spiro atoms. The molecule has 0 aliphatic rings. The predicted molar refractivity (Wildman–Crippen MR) is 107 cm³/mol. The molecule has 0 bridgehead atoms. The lowest BCUT2D eigenvalue weighted by atomic mass is 10.1. The Morgan fingerprint density at radius 3 is 2.60 bits per heavy atom. The summed E-state index contributed by atoms with van der Waals surface area (Å²) in [6, 6.07) is 13.4. The average molecular weight is 403 g/mol. The number of hydrogen-bond donors (Lipinski definition) is 1. The lowest BCUT2D eigenvalue weighted by Gasteiger charge is -2.05. The maximum Gasteiger partial charge on any atom is 0.273 e. The highest BCUT2D eigenvalue weighted by Crippen LogP contribution is 2.19. The van der Waals surface area contributed by atoms with E-state index in [0.29, 0.717) is 17.0 Å². The zero-order valence-electron chi connectivity index (χ0n) is 16.4. The van der Waals surface area contributed by atoms with Crippen molar-refractivity contribution in [2.45, 2.75) is 20.4 Å². The molecule has 0 radical (unpaired) electrons. The minimum absolute atomic E-state index is 0.154. The van der Waals surface area contributed by atoms with Crippen molar-refractivity contribution in [2.75, 3.05) is 0 Å². The Bertz CT molecular complexity index is 1200. The van der Waals surface area contributed by atoms with Crippen molar-refractivity contribution in [1.82, 2.24) is 35.5 Å². The number of aryl methyl sites for hydroxylation is 2. The first-order valence-corrected chi connectivity index (χ1v) is 9.24. The molecular formula is C21H18FN7O. The first-order chi connectivity index (χ1) is 14.5. The highest BCUT2D eigenvalue weighted by molar-refractivity contribution is 5.91. The molecule has 0 aliphatic carbocycles. The van der Waals surface area contributed by atoms with Crippen molar-refractivity contribution in [3.63, 3.8) is 0 Å². The molecule has 1 N–H and O–H groups in total. The molecule has 0 unspecified atom stereocenters. The number of pyridine rings is 1. The number of nitrogens with one attached hydrogen (secondary N) is 1. The van der Waals surface area contributed by atoms with Crippen molar-refractivity contribution in [3.05, 3.63) is 83.3 Å². The van der Waals surface area contributed by atoms with Crippen LogP contribution < -0.4 is 5.32 Å². The van der Waals surface area contributed by atoms with Crippen LogP contribution in [0.15, 0.2) is 54.7 Å². The normalized spacial score (nSPS) is 10.8. The fourth-order valence-corrected chi connectivity index (χ4v) is 2.94. The second-order valence-corrected chi connectivity index (χ2v) is 6.68. The van der Waals surface area contributed by atoms with Crippen molar-refractivity contribution >= 4 is 5.91 Å². The van der Waals surface area contributed by atoms with E-state index in [-0.39, 0.29) is 24.0 Å². The third-order valence-corrected chi connectivity index (χ3v) is 4.47. The quantitative estimate of drug-likeness (QED) is 0.550. The molecule has 3 heterocycles. The Hall–Kier alpha value is -4.01. The standard InChI is InChI=1S/C21H18FN7O/c1-13-7-10-20(14(2)24-13)29-12-19(27-28-29)21(30)23-11-15-8-9-18(26-25-15)16-5-3-4-6-17(16)22/h3-10,12H,11H2,1-2H3,(H,23,30). The Labute approximate surface area is 171 Å². The van der Waals surface area contributed by atoms with Gasteiger partial charge in [0.25, 0.3) is 5.91 Å². The van der Waals surface area contributed by atoms with Gasteiger partial charge in [0, 0.05) is 11.3 Å². The molecule has 9 heteroatoms. The van der Waals surface area contributed by atoms with Crippen molar-refractivity contribution in [3.8, 4) is 16.9 Å². The summed E-state index contributed by atoms with van der Waals surface area (Å²) >= 11 is 0. The van der Waals surface area contributed by atoms with E-state index in [2.05, 4.69) is 30.8 Å². The minimum atomic E-state index is -0.390. The van der Waals surface area contributed by atoms with Gasteiger partial charge >= 0.3 is 0 Å². The van der Waals surface area contributed by atoms with Crippen LogP contribution >= 0.6 is 0 Å². The van der Waals surface area contributed by atoms with Gasteiger partial charge in [-0.15, -0.1) is 5.10 Å². The molecular weight excluding hydrogens is 385 g/mol. The first kappa shape index (κ1) is 19.3. The van der Waals surface area contributed by atoms with E-state index >= 15 is 0 Å². The lowest BCUT2D eigenvalue weighted by Crippen LogP contribution is -2.23. The smallest absolute Gasteiger partial charge is 0.273 e. The summed E-state index contributed by atoms with van der Waals surface area (Å²) in [5, 5.41) is 18.8. The summed E-state index contributed by atoms with van der Waals surface area (Å²) in [7, 11) is 0. The van der Waals surface area contributed by atoms with Crippen LogP contribution in [-0.2, 0) is 6.54 Å². The Morgan fingerprint density at radius 2 is 1.87 bits per heavy atom. The fraction of sp³-hybridized carbons (Fsp3) is 0.143. The zero-order chi connectivity index (χ0) is 21.1. The number of nitrogens with zero attached hydrogens (tertiary/aromatic N) is 6. The lowest BCUT2D eigenvalue weighted by molar-refractivity contribution is 0.0945. The van der Waals surface area contributed by atoms with E-state index in [1.807, 2.05) is 26.0 Å². The van der Waals surface area contributed by atoms with E-state index in [4.69, 9.17) is 0 Å². The van der Waals surface area contributed by atoms with Gasteiger partial charge < -0.3 is 5.32 Å². The van der Waals surface area contributed by atoms with Crippen molar-refractivity contribution < 1.29 is 9.18 Å². The number of hydrogen-bond acceptors (Lipinski definition) is 6. The minimum Gasteiger partial charge on any atom is -0.345 e. The first-order valence-electron chi connectivity index (χ1n) is 9.24. The van der Waals surface area contributed by atoms with E-state index in [1.165, 1.54) is 10.7 Å². The van der Waals surface area contributed by atoms with Gasteiger partial charge in [-0.25, -0.2) is 9.07 Å². The summed E-state index contributed by atoms with van der Waals surface area (Å²) in [6.45, 7) is 3.93. The summed E-state index contributed by atoms with van der Waals surface area (Å²) in [6.07, 6.45) is 1.54. The summed E-state index contributed by atoms with van der Waals surface area (Å²) in [4.78, 5) is 16.8. The van der Waals surface area contributed by atoms with Gasteiger partial charge in [-0.2, -0.15) is 10.2 Å². The van der Waals surface area contributed by atoms with Crippen LogP contribution in [0.25, 0.3) is 16.9 Å². The molecule has 0 atom stereocenters. The van der Waals surface area contributed by atoms with Crippen molar-refractivity contribution in [1.29, 1.82) is 0 Å². The van der Waals surface area contributed by atoms with E-state index < -0.39 is 0 Å². The van der Waals surface area contributed by atoms with Gasteiger partial charge in [-0.3, -0.25) is 9.78 Å². The molecule has 0 saturated carbocycles. The van der Waals surface area contributed by atoms with E-state index in [9.17, 15) is 9.18 Å². The fourth-order valence-electron chi connectivity index (χ4n) is 2.94. The van der Waals surface area contributed by atoms with Crippen LogP contribution in [0.1, 0.15) is 27.6 Å². The number of amides is 1. The summed E-state index contributed by atoms with van der Waals surface area (Å²) < 4.78 is 15.4. The van der Waals surface area contributed by atoms with Crippen LogP contribution in [-0.4, -0.2) is 36.1 Å². The largest absolute Gasteiger partial charge is 0.345 e. The predicted octanol–water partition coefficient (Wildman–Crippen LogP) is 2.81. The Kier molecular flexibility index (Phi) is 5.25. The number of carbonyl (C=O) groups excluding carboxylic acids is 1. The molecule has 4 rings (SSSR count). The Balaban J connectivity index is 1.42. The van der Waals surface area contributed by atoms with Gasteiger partial charge in [-0.1, -0.05) is 17.3 Å². The number of carbonyl (C=O) groups is 1. The van der Waals surface area contributed by atoms with Crippen LogP contribution in [0.5, 0.6) is 0 Å². The maximum atomic E-state index is 13.8. The molecule has 8 nitrogen and oxygen atoms in total. The van der Waals surface area contributed by atoms with Crippen LogP contribution in [0.2, 0.25) is 0 Å². The molecule has 30 heavy (non-hydrogen) atoms.